The van der Waals surface area contributed by atoms with Gasteiger partial charge in [-0.1, -0.05) is 91.8 Å². The normalized spacial score (nSPS) is 15.4. The van der Waals surface area contributed by atoms with Crippen molar-refractivity contribution in [2.45, 2.75) is 79.1 Å². The minimum atomic E-state index is -6.00. The molecule has 2 aromatic carbocycles. The topological polar surface area (TPSA) is 33.5 Å². The monoisotopic (exact) mass is 530 g/mol. The summed E-state index contributed by atoms with van der Waals surface area (Å²) in [6.45, 7) is 19.1. The predicted molar refractivity (Wildman–Crippen MR) is 149 cm³/mol. The molecule has 1 unspecified atom stereocenters. The average molecular weight is 530 g/mol. The number of rotatable bonds is 6. The summed E-state index contributed by atoms with van der Waals surface area (Å²) >= 11 is 0. The fraction of sp³-hybridized carbons (Fsp3) is 0.448. The van der Waals surface area contributed by atoms with Crippen LogP contribution in [0.15, 0.2) is 48.8 Å². The van der Waals surface area contributed by atoms with Gasteiger partial charge in [-0.05, 0) is 34.8 Å². The fourth-order valence-electron chi connectivity index (χ4n) is 5.15. The maximum atomic E-state index is 9.75. The van der Waals surface area contributed by atoms with Crippen molar-refractivity contribution in [2.24, 2.45) is 0 Å². The van der Waals surface area contributed by atoms with E-state index in [2.05, 4.69) is 96.7 Å². The van der Waals surface area contributed by atoms with Gasteiger partial charge in [0.1, 0.15) is 5.69 Å². The van der Waals surface area contributed by atoms with E-state index in [4.69, 9.17) is 9.97 Å². The Hall–Kier alpha value is -2.94. The zero-order valence-electron chi connectivity index (χ0n) is 23.6. The number of quaternary nitrogens is 1. The van der Waals surface area contributed by atoms with Gasteiger partial charge < -0.3 is 17.3 Å². The summed E-state index contributed by atoms with van der Waals surface area (Å²) in [5, 5.41) is 0. The van der Waals surface area contributed by atoms with Crippen LogP contribution >= 0.6 is 0 Å². The van der Waals surface area contributed by atoms with Crippen LogP contribution in [0.1, 0.15) is 101 Å². The highest BCUT2D eigenvalue weighted by Gasteiger charge is 2.40. The molecule has 4 nitrogen and oxygen atoms in total. The Morgan fingerprint density at radius 1 is 0.684 bits per heavy atom. The van der Waals surface area contributed by atoms with Crippen molar-refractivity contribution in [2.75, 3.05) is 11.6 Å². The molecular weight excluding hydrogens is 491 g/mol. The summed E-state index contributed by atoms with van der Waals surface area (Å²) < 4.78 is 39.0. The van der Waals surface area contributed by atoms with Crippen molar-refractivity contribution in [1.29, 1.82) is 0 Å². The summed E-state index contributed by atoms with van der Waals surface area (Å²) in [7, 11) is -6.00. The number of hydrogen-bond acceptors (Lipinski definition) is 3. The van der Waals surface area contributed by atoms with Gasteiger partial charge in [-0.2, -0.15) is 4.98 Å². The number of fused-ring (bicyclic) bond motifs is 1. The second kappa shape index (κ2) is 11.8. The van der Waals surface area contributed by atoms with Gasteiger partial charge in [-0.15, -0.1) is 0 Å². The van der Waals surface area contributed by atoms with Crippen LogP contribution in [0.5, 0.6) is 0 Å². The summed E-state index contributed by atoms with van der Waals surface area (Å²) in [4.78, 5) is 13.5. The lowest BCUT2D eigenvalue weighted by Gasteiger charge is -2.27. The van der Waals surface area contributed by atoms with E-state index in [9.17, 15) is 17.3 Å². The number of aromatic nitrogens is 2. The van der Waals surface area contributed by atoms with Crippen molar-refractivity contribution < 1.29 is 22.2 Å². The van der Waals surface area contributed by atoms with Crippen LogP contribution in [0, 0.1) is 0 Å². The summed E-state index contributed by atoms with van der Waals surface area (Å²) in [6, 6.07) is 13.6. The summed E-state index contributed by atoms with van der Waals surface area (Å²) in [5.41, 5.74) is 8.24. The molecule has 1 aliphatic heterocycles. The number of nitrogens with one attached hydrogen (secondary N) is 1. The Kier molecular flexibility index (Phi) is 9.24. The smallest absolute Gasteiger partial charge is 0.418 e. The molecule has 0 aliphatic carbocycles. The molecule has 1 aliphatic rings. The number of hydrogen-bond donors (Lipinski definition) is 1. The second-order valence-electron chi connectivity index (χ2n) is 11.0. The lowest BCUT2D eigenvalue weighted by atomic mass is 9.91. The first-order valence-electron chi connectivity index (χ1n) is 13.3. The second-order valence-corrected chi connectivity index (χ2v) is 11.0. The molecule has 0 saturated carbocycles. The Balaban J connectivity index is 0.000000732. The van der Waals surface area contributed by atoms with Gasteiger partial charge in [0.2, 0.25) is 5.82 Å². The lowest BCUT2D eigenvalue weighted by Crippen LogP contribution is -3.02. The third-order valence-electron chi connectivity index (χ3n) is 6.82. The number of nitrogens with zero attached hydrogens (tertiary/aromatic N) is 3. The molecule has 206 valence electrons. The first-order valence-corrected chi connectivity index (χ1v) is 13.3. The molecule has 0 amide bonds. The van der Waals surface area contributed by atoms with Crippen molar-refractivity contribution in [1.82, 2.24) is 9.97 Å². The van der Waals surface area contributed by atoms with Crippen molar-refractivity contribution in [3.8, 4) is 0 Å². The molecule has 0 bridgehead atoms. The third kappa shape index (κ3) is 6.55. The SMILES string of the molecule is CC(C)c1cccc(C(C)C)c1N1C[NH+](c2c(C(C)C)cccc2C(C)C)c2nccnc21.F[B-](F)(F)F. The molecule has 2 heterocycles. The summed E-state index contributed by atoms with van der Waals surface area (Å²) in [5.74, 6) is 3.75. The van der Waals surface area contributed by atoms with Crippen LogP contribution in [0.2, 0.25) is 0 Å². The Bertz CT molecular complexity index is 1090. The van der Waals surface area contributed by atoms with Gasteiger partial charge in [0.15, 0.2) is 6.67 Å². The van der Waals surface area contributed by atoms with E-state index in [-0.39, 0.29) is 0 Å². The van der Waals surface area contributed by atoms with E-state index in [1.54, 1.807) is 0 Å². The van der Waals surface area contributed by atoms with Crippen LogP contribution in [0.4, 0.5) is 40.3 Å². The third-order valence-corrected chi connectivity index (χ3v) is 6.82. The first kappa shape index (κ1) is 29.6. The molecule has 0 radical (unpaired) electrons. The van der Waals surface area contributed by atoms with Crippen molar-refractivity contribution >= 4 is 30.3 Å². The van der Waals surface area contributed by atoms with Crippen molar-refractivity contribution in [3.63, 3.8) is 0 Å². The molecule has 4 rings (SSSR count). The van der Waals surface area contributed by atoms with E-state index in [1.807, 2.05) is 12.4 Å². The molecule has 3 aromatic rings. The van der Waals surface area contributed by atoms with Crippen LogP contribution in [0.25, 0.3) is 0 Å². The Morgan fingerprint density at radius 3 is 1.50 bits per heavy atom. The van der Waals surface area contributed by atoms with Crippen LogP contribution in [0.3, 0.4) is 0 Å². The molecule has 0 saturated heterocycles. The molecule has 38 heavy (non-hydrogen) atoms. The van der Waals surface area contributed by atoms with Crippen LogP contribution in [-0.4, -0.2) is 23.9 Å². The molecule has 1 aromatic heterocycles. The molecule has 0 fully saturated rings. The van der Waals surface area contributed by atoms with Crippen LogP contribution in [-0.2, 0) is 0 Å². The highest BCUT2D eigenvalue weighted by molar-refractivity contribution is 6.50. The van der Waals surface area contributed by atoms with Gasteiger partial charge in [-0.25, -0.2) is 9.88 Å². The highest BCUT2D eigenvalue weighted by atomic mass is 19.5. The molecule has 1 atom stereocenters. The standard InChI is InChI=1S/C29H38N4.BF4/c1-18(2)22-11-9-12-23(19(3)4)26(22)32-17-33(29-28(32)30-15-16-31-29)27-24(20(5)6)13-10-14-25(27)21(7)8;2-1(3,4)5/h9-16,18-21H,17H2,1-8H3;/q;-1/p+1. The first-order chi connectivity index (χ1) is 17.7. The Labute approximate surface area is 224 Å². The average Bonchev–Trinajstić information content (AvgIpc) is 3.21. The number of halogens is 4. The predicted octanol–water partition coefficient (Wildman–Crippen LogP) is 8.23. The fourth-order valence-corrected chi connectivity index (χ4v) is 5.15. The molecule has 0 spiro atoms. The van der Waals surface area contributed by atoms with Gasteiger partial charge in [0.05, 0.1) is 11.9 Å². The van der Waals surface area contributed by atoms with Gasteiger partial charge in [0.25, 0.3) is 5.82 Å². The summed E-state index contributed by atoms with van der Waals surface area (Å²) in [6.07, 6.45) is 3.67. The van der Waals surface area contributed by atoms with Gasteiger partial charge in [0, 0.05) is 17.3 Å². The molecule has 1 N–H and O–H groups in total. The highest BCUT2D eigenvalue weighted by Crippen LogP contribution is 2.42. The molecular formula is C29H39BF4N4. The number of benzene rings is 2. The van der Waals surface area contributed by atoms with E-state index >= 15 is 0 Å². The van der Waals surface area contributed by atoms with Gasteiger partial charge >= 0.3 is 7.25 Å². The minimum Gasteiger partial charge on any atom is -0.418 e. The Morgan fingerprint density at radius 2 is 1.08 bits per heavy atom. The number of anilines is 2. The zero-order chi connectivity index (χ0) is 28.4. The number of para-hydroxylation sites is 2. The van der Waals surface area contributed by atoms with Crippen LogP contribution < -0.4 is 9.80 Å². The minimum absolute atomic E-state index is 0.428. The lowest BCUT2D eigenvalue weighted by molar-refractivity contribution is -0.755. The van der Waals surface area contributed by atoms with E-state index in [0.29, 0.717) is 23.7 Å². The van der Waals surface area contributed by atoms with Crippen molar-refractivity contribution in [3.05, 3.63) is 71.0 Å². The van der Waals surface area contributed by atoms with E-state index in [0.717, 1.165) is 18.3 Å². The maximum Gasteiger partial charge on any atom is 0.673 e. The largest absolute Gasteiger partial charge is 0.673 e. The van der Waals surface area contributed by atoms with Gasteiger partial charge in [-0.3, -0.25) is 4.90 Å². The van der Waals surface area contributed by atoms with E-state index < -0.39 is 7.25 Å². The zero-order valence-corrected chi connectivity index (χ0v) is 23.6. The quantitative estimate of drug-likeness (QED) is 0.258. The molecule has 9 heteroatoms. The van der Waals surface area contributed by atoms with E-state index in [1.165, 1.54) is 38.5 Å². The maximum absolute atomic E-state index is 9.75.